The van der Waals surface area contributed by atoms with E-state index in [-0.39, 0.29) is 6.54 Å². The fourth-order valence-electron chi connectivity index (χ4n) is 1.26. The third kappa shape index (κ3) is 1.33. The first-order valence-electron chi connectivity index (χ1n) is 4.50. The molecule has 1 saturated heterocycles. The highest BCUT2D eigenvalue weighted by molar-refractivity contribution is 7.94. The molecule has 0 aromatic heterocycles. The fourth-order valence-corrected chi connectivity index (χ4v) is 2.82. The minimum atomic E-state index is -3.53. The van der Waals surface area contributed by atoms with E-state index in [1.807, 2.05) is 0 Å². The van der Waals surface area contributed by atoms with Crippen molar-refractivity contribution in [3.8, 4) is 0 Å². The Kier molecular flexibility index (Phi) is 2.62. The molecule has 1 heterocycles. The molecule has 14 heavy (non-hydrogen) atoms. The number of rotatable bonds is 3. The molecule has 1 aliphatic rings. The van der Waals surface area contributed by atoms with Crippen molar-refractivity contribution in [2.45, 2.75) is 38.0 Å². The predicted octanol–water partition coefficient (Wildman–Crippen LogP) is -0.292. The Labute approximate surface area is 83.8 Å². The van der Waals surface area contributed by atoms with E-state index in [4.69, 9.17) is 0 Å². The first-order chi connectivity index (χ1) is 6.25. The molecule has 0 bridgehead atoms. The van der Waals surface area contributed by atoms with Crippen LogP contribution in [0.1, 0.15) is 27.2 Å². The maximum Gasteiger partial charge on any atom is 0.258 e. The number of aliphatic hydroxyl groups is 1. The lowest BCUT2D eigenvalue weighted by molar-refractivity contribution is -0.133. The zero-order valence-electron chi connectivity index (χ0n) is 8.52. The molecular weight excluding hydrogens is 206 g/mol. The average Bonchev–Trinajstić information content (AvgIpc) is 2.12. The van der Waals surface area contributed by atoms with Crippen molar-refractivity contribution in [3.05, 3.63) is 0 Å². The molecule has 0 radical (unpaired) electrons. The van der Waals surface area contributed by atoms with Crippen molar-refractivity contribution >= 4 is 15.9 Å². The van der Waals surface area contributed by atoms with Crippen LogP contribution in [0.4, 0.5) is 0 Å². The van der Waals surface area contributed by atoms with Crippen molar-refractivity contribution in [3.63, 3.8) is 0 Å². The van der Waals surface area contributed by atoms with E-state index < -0.39 is 26.8 Å². The second-order valence-electron chi connectivity index (χ2n) is 3.91. The number of carbonyl (C=O) groups excluding carboxylic acids is 1. The molecular formula is C8H15NO4S. The van der Waals surface area contributed by atoms with Crippen LogP contribution in [0.15, 0.2) is 0 Å². The fraction of sp³-hybridized carbons (Fsp3) is 0.875. The first-order valence-corrected chi connectivity index (χ1v) is 5.94. The van der Waals surface area contributed by atoms with E-state index in [1.165, 1.54) is 13.8 Å². The maximum atomic E-state index is 11.5. The highest BCUT2D eigenvalue weighted by Crippen LogP contribution is 2.34. The Morgan fingerprint density at radius 2 is 2.00 bits per heavy atom. The summed E-state index contributed by atoms with van der Waals surface area (Å²) < 4.78 is 22.5. The average molecular weight is 221 g/mol. The van der Waals surface area contributed by atoms with Crippen LogP contribution in [-0.4, -0.2) is 41.1 Å². The van der Waals surface area contributed by atoms with Crippen LogP contribution < -0.4 is 0 Å². The standard InChI is InChI=1S/C8H15NO4S/c1-4-6(10)5-9-7(11)8(2,3)14(9,12)13/h6,10H,4-5H2,1-3H3. The van der Waals surface area contributed by atoms with Crippen LogP contribution in [0, 0.1) is 0 Å². The maximum absolute atomic E-state index is 11.5. The molecule has 1 atom stereocenters. The van der Waals surface area contributed by atoms with Gasteiger partial charge in [0.2, 0.25) is 0 Å². The van der Waals surface area contributed by atoms with Gasteiger partial charge in [-0.25, -0.2) is 12.7 Å². The number of carbonyl (C=O) groups is 1. The van der Waals surface area contributed by atoms with Gasteiger partial charge in [0.05, 0.1) is 12.6 Å². The smallest absolute Gasteiger partial charge is 0.258 e. The van der Waals surface area contributed by atoms with Gasteiger partial charge in [-0.15, -0.1) is 0 Å². The third-order valence-electron chi connectivity index (χ3n) is 2.52. The Balaban J connectivity index is 2.82. The number of sulfonamides is 1. The zero-order valence-corrected chi connectivity index (χ0v) is 9.34. The van der Waals surface area contributed by atoms with Crippen LogP contribution in [0.25, 0.3) is 0 Å². The zero-order chi connectivity index (χ0) is 11.1. The number of β-amino-alcohol motifs (C(OH)–C–C–N with tert-alkyl or cyclic N) is 1. The largest absolute Gasteiger partial charge is 0.391 e. The van der Waals surface area contributed by atoms with Gasteiger partial charge in [0.25, 0.3) is 15.9 Å². The van der Waals surface area contributed by atoms with Gasteiger partial charge >= 0.3 is 0 Å². The number of aliphatic hydroxyl groups excluding tert-OH is 1. The normalized spacial score (nSPS) is 25.7. The molecule has 0 aliphatic carbocycles. The van der Waals surface area contributed by atoms with Crippen LogP contribution in [0.2, 0.25) is 0 Å². The summed E-state index contributed by atoms with van der Waals surface area (Å²) in [5, 5.41) is 9.26. The van der Waals surface area contributed by atoms with Crippen LogP contribution >= 0.6 is 0 Å². The summed E-state index contributed by atoms with van der Waals surface area (Å²) in [6.45, 7) is 4.35. The molecule has 0 aromatic rings. The van der Waals surface area contributed by atoms with Gasteiger partial charge in [0.15, 0.2) is 4.75 Å². The highest BCUT2D eigenvalue weighted by Gasteiger charge is 2.60. The van der Waals surface area contributed by atoms with E-state index in [9.17, 15) is 18.3 Å². The van der Waals surface area contributed by atoms with Crippen LogP contribution in [0.5, 0.6) is 0 Å². The van der Waals surface area contributed by atoms with Crippen molar-refractivity contribution in [1.29, 1.82) is 0 Å². The number of nitrogens with zero attached hydrogens (tertiary/aromatic N) is 1. The summed E-state index contributed by atoms with van der Waals surface area (Å²) >= 11 is 0. The summed E-state index contributed by atoms with van der Waals surface area (Å²) in [5.41, 5.74) is 0. The van der Waals surface area contributed by atoms with E-state index in [1.54, 1.807) is 6.92 Å². The van der Waals surface area contributed by atoms with Gasteiger partial charge in [-0.1, -0.05) is 6.92 Å². The molecule has 82 valence electrons. The van der Waals surface area contributed by atoms with Gasteiger partial charge in [0, 0.05) is 0 Å². The molecule has 1 fully saturated rings. The second-order valence-corrected chi connectivity index (χ2v) is 6.33. The molecule has 0 aromatic carbocycles. The van der Waals surface area contributed by atoms with Crippen LogP contribution in [0.3, 0.4) is 0 Å². The minimum Gasteiger partial charge on any atom is -0.391 e. The molecule has 1 rings (SSSR count). The molecule has 0 spiro atoms. The van der Waals surface area contributed by atoms with Gasteiger partial charge in [-0.05, 0) is 20.3 Å². The van der Waals surface area contributed by atoms with Gasteiger partial charge in [-0.3, -0.25) is 4.79 Å². The SMILES string of the molecule is CCC(O)CN1C(=O)C(C)(C)S1(=O)=O. The lowest BCUT2D eigenvalue weighted by atomic mass is 10.1. The van der Waals surface area contributed by atoms with E-state index in [2.05, 4.69) is 0 Å². The molecule has 1 aliphatic heterocycles. The quantitative estimate of drug-likeness (QED) is 0.710. The van der Waals surface area contributed by atoms with E-state index in [0.717, 1.165) is 4.31 Å². The Hall–Kier alpha value is -0.620. The summed E-state index contributed by atoms with van der Waals surface area (Å²) in [4.78, 5) is 11.4. The van der Waals surface area contributed by atoms with Crippen molar-refractivity contribution in [1.82, 2.24) is 4.31 Å². The van der Waals surface area contributed by atoms with Gasteiger partial charge in [-0.2, -0.15) is 0 Å². The summed E-state index contributed by atoms with van der Waals surface area (Å²) in [6, 6.07) is 0. The molecule has 5 nitrogen and oxygen atoms in total. The van der Waals surface area contributed by atoms with E-state index in [0.29, 0.717) is 6.42 Å². The Morgan fingerprint density at radius 3 is 2.36 bits per heavy atom. The van der Waals surface area contributed by atoms with Crippen molar-refractivity contribution < 1.29 is 18.3 Å². The lowest BCUT2D eigenvalue weighted by Crippen LogP contribution is -2.68. The monoisotopic (exact) mass is 221 g/mol. The molecule has 1 N–H and O–H groups in total. The molecule has 1 unspecified atom stereocenters. The minimum absolute atomic E-state index is 0.124. The second kappa shape index (κ2) is 3.20. The lowest BCUT2D eigenvalue weighted by Gasteiger charge is -2.43. The van der Waals surface area contributed by atoms with E-state index >= 15 is 0 Å². The Morgan fingerprint density at radius 1 is 1.50 bits per heavy atom. The first kappa shape index (κ1) is 11.5. The number of amides is 1. The third-order valence-corrected chi connectivity index (χ3v) is 4.88. The number of hydrogen-bond donors (Lipinski definition) is 1. The Bertz CT molecular complexity index is 346. The molecule has 6 heteroatoms. The number of hydrogen-bond acceptors (Lipinski definition) is 4. The van der Waals surface area contributed by atoms with Crippen LogP contribution in [-0.2, 0) is 14.8 Å². The van der Waals surface area contributed by atoms with Crippen molar-refractivity contribution in [2.75, 3.05) is 6.54 Å². The summed E-state index contributed by atoms with van der Waals surface area (Å²) in [6.07, 6.45) is -0.343. The molecule has 0 saturated carbocycles. The topological polar surface area (TPSA) is 74.7 Å². The summed E-state index contributed by atoms with van der Waals surface area (Å²) in [7, 11) is -3.53. The van der Waals surface area contributed by atoms with Gasteiger partial charge < -0.3 is 5.11 Å². The summed E-state index contributed by atoms with van der Waals surface area (Å²) in [5.74, 6) is -0.440. The highest BCUT2D eigenvalue weighted by atomic mass is 32.2. The predicted molar refractivity (Wildman–Crippen MR) is 51.0 cm³/mol. The van der Waals surface area contributed by atoms with Gasteiger partial charge in [0.1, 0.15) is 0 Å². The molecule has 1 amide bonds. The van der Waals surface area contributed by atoms with Crippen molar-refractivity contribution in [2.24, 2.45) is 0 Å².